The van der Waals surface area contributed by atoms with Crippen molar-refractivity contribution in [3.05, 3.63) is 28.8 Å². The van der Waals surface area contributed by atoms with E-state index in [0.717, 1.165) is 18.4 Å². The summed E-state index contributed by atoms with van der Waals surface area (Å²) in [6, 6.07) is 2.18. The van der Waals surface area contributed by atoms with Crippen LogP contribution in [0.2, 0.25) is 5.02 Å². The molecule has 0 aromatic heterocycles. The first-order valence-corrected chi connectivity index (χ1v) is 5.96. The van der Waals surface area contributed by atoms with Crippen molar-refractivity contribution in [3.8, 4) is 0 Å². The van der Waals surface area contributed by atoms with Gasteiger partial charge in [0.1, 0.15) is 0 Å². The zero-order valence-corrected chi connectivity index (χ0v) is 9.04. The van der Waals surface area contributed by atoms with Gasteiger partial charge < -0.3 is 0 Å². The number of rotatable bonds is 1. The highest BCUT2D eigenvalue weighted by Crippen LogP contribution is 2.33. The van der Waals surface area contributed by atoms with Gasteiger partial charge in [0.25, 0.3) is 0 Å². The maximum absolute atomic E-state index is 12.2. The average Bonchev–Trinajstić information content (AvgIpc) is 2.00. The Morgan fingerprint density at radius 3 is 2.20 bits per heavy atom. The molecule has 0 N–H and O–H groups in total. The van der Waals surface area contributed by atoms with E-state index in [-0.39, 0.29) is 5.02 Å². The van der Waals surface area contributed by atoms with Crippen LogP contribution < -0.4 is 0 Å². The summed E-state index contributed by atoms with van der Waals surface area (Å²) in [5.74, 6) is 0. The molecule has 0 fully saturated rings. The predicted octanol–water partition coefficient (Wildman–Crippen LogP) is 2.76. The molecule has 0 bridgehead atoms. The lowest BCUT2D eigenvalue weighted by Gasteiger charge is -2.08. The van der Waals surface area contributed by atoms with Gasteiger partial charge in [-0.1, -0.05) is 11.6 Å². The van der Waals surface area contributed by atoms with Gasteiger partial charge in [0.2, 0.25) is 0 Å². The molecule has 15 heavy (non-hydrogen) atoms. The molecule has 0 unspecified atom stereocenters. The van der Waals surface area contributed by atoms with E-state index in [1.807, 2.05) is 0 Å². The highest BCUT2D eigenvalue weighted by Gasteiger charge is 2.31. The van der Waals surface area contributed by atoms with Crippen molar-refractivity contribution in [2.24, 2.45) is 0 Å². The van der Waals surface area contributed by atoms with Gasteiger partial charge in [0.15, 0.2) is 9.84 Å². The zero-order valence-electron chi connectivity index (χ0n) is 7.47. The molecule has 0 heterocycles. The van der Waals surface area contributed by atoms with Gasteiger partial charge in [0, 0.05) is 6.26 Å². The molecule has 0 saturated heterocycles. The first-order valence-electron chi connectivity index (χ1n) is 3.69. The Hall–Kier alpha value is -0.750. The van der Waals surface area contributed by atoms with Crippen LogP contribution >= 0.6 is 11.6 Å². The van der Waals surface area contributed by atoms with Crippen LogP contribution in [0.1, 0.15) is 5.56 Å². The minimum Gasteiger partial charge on any atom is -0.224 e. The molecule has 0 saturated carbocycles. The van der Waals surface area contributed by atoms with E-state index in [4.69, 9.17) is 11.6 Å². The quantitative estimate of drug-likeness (QED) is 0.776. The molecule has 0 atom stereocenters. The Morgan fingerprint density at radius 2 is 1.80 bits per heavy atom. The summed E-state index contributed by atoms with van der Waals surface area (Å²) < 4.78 is 58.9. The highest BCUT2D eigenvalue weighted by molar-refractivity contribution is 7.90. The van der Waals surface area contributed by atoms with Crippen molar-refractivity contribution in [2.45, 2.75) is 11.1 Å². The number of sulfone groups is 1. The Balaban J connectivity index is 3.43. The van der Waals surface area contributed by atoms with E-state index in [1.165, 1.54) is 0 Å². The van der Waals surface area contributed by atoms with E-state index in [1.54, 1.807) is 0 Å². The number of hydrogen-bond donors (Lipinski definition) is 0. The summed E-state index contributed by atoms with van der Waals surface area (Å²) >= 11 is 5.48. The highest BCUT2D eigenvalue weighted by atomic mass is 35.5. The maximum Gasteiger partial charge on any atom is 0.416 e. The predicted molar refractivity (Wildman–Crippen MR) is 49.6 cm³/mol. The topological polar surface area (TPSA) is 34.1 Å². The zero-order chi connectivity index (χ0) is 11.9. The second-order valence-electron chi connectivity index (χ2n) is 2.92. The molecular formula is C8H6ClF3O2S. The minimum absolute atomic E-state index is 0.217. The molecule has 0 amide bonds. The molecular weight excluding hydrogens is 253 g/mol. The van der Waals surface area contributed by atoms with Crippen molar-refractivity contribution >= 4 is 21.4 Å². The van der Waals surface area contributed by atoms with Crippen LogP contribution in [0.4, 0.5) is 13.2 Å². The third-order valence-electron chi connectivity index (χ3n) is 1.66. The molecule has 1 aromatic rings. The molecule has 0 aliphatic heterocycles. The smallest absolute Gasteiger partial charge is 0.224 e. The van der Waals surface area contributed by atoms with Gasteiger partial charge in [-0.15, -0.1) is 0 Å². The molecule has 2 nitrogen and oxygen atoms in total. The Kier molecular flexibility index (Phi) is 3.02. The number of benzene rings is 1. The lowest BCUT2D eigenvalue weighted by atomic mass is 10.2. The molecule has 84 valence electrons. The van der Waals surface area contributed by atoms with Gasteiger partial charge in [-0.05, 0) is 18.2 Å². The van der Waals surface area contributed by atoms with Gasteiger partial charge >= 0.3 is 6.18 Å². The maximum atomic E-state index is 12.2. The average molecular weight is 259 g/mol. The monoisotopic (exact) mass is 258 g/mol. The summed E-state index contributed by atoms with van der Waals surface area (Å²) in [6.45, 7) is 0. The lowest BCUT2D eigenvalue weighted by molar-refractivity contribution is -0.137. The van der Waals surface area contributed by atoms with Crippen molar-refractivity contribution in [2.75, 3.05) is 6.26 Å². The fourth-order valence-electron chi connectivity index (χ4n) is 0.964. The summed E-state index contributed by atoms with van der Waals surface area (Å²) in [5.41, 5.74) is -1.03. The molecule has 1 rings (SSSR count). The first kappa shape index (κ1) is 12.3. The fraction of sp³-hybridized carbons (Fsp3) is 0.250. The largest absolute Gasteiger partial charge is 0.416 e. The molecule has 0 spiro atoms. The van der Waals surface area contributed by atoms with Crippen molar-refractivity contribution < 1.29 is 21.6 Å². The third kappa shape index (κ3) is 2.85. The van der Waals surface area contributed by atoms with Crippen LogP contribution in [0, 0.1) is 0 Å². The van der Waals surface area contributed by atoms with Crippen LogP contribution in [0.3, 0.4) is 0 Å². The number of alkyl halides is 3. The normalized spacial score (nSPS) is 12.9. The second-order valence-corrected chi connectivity index (χ2v) is 5.31. The van der Waals surface area contributed by atoms with E-state index in [9.17, 15) is 21.6 Å². The van der Waals surface area contributed by atoms with Gasteiger partial charge in [-0.25, -0.2) is 8.42 Å². The first-order chi connectivity index (χ1) is 6.62. The molecule has 7 heteroatoms. The van der Waals surface area contributed by atoms with E-state index in [0.29, 0.717) is 6.07 Å². The van der Waals surface area contributed by atoms with Crippen molar-refractivity contribution in [3.63, 3.8) is 0 Å². The van der Waals surface area contributed by atoms with Crippen LogP contribution in [0.5, 0.6) is 0 Å². The summed E-state index contributed by atoms with van der Waals surface area (Å²) in [7, 11) is -3.75. The third-order valence-corrected chi connectivity index (χ3v) is 3.24. The van der Waals surface area contributed by atoms with Gasteiger partial charge in [-0.3, -0.25) is 0 Å². The second kappa shape index (κ2) is 3.68. The molecule has 0 radical (unpaired) electrons. The summed E-state index contributed by atoms with van der Waals surface area (Å²) in [6.07, 6.45) is -3.78. The van der Waals surface area contributed by atoms with E-state index < -0.39 is 26.5 Å². The molecule has 0 aliphatic rings. The Morgan fingerprint density at radius 1 is 1.27 bits per heavy atom. The SMILES string of the molecule is CS(=O)(=O)c1cc(C(F)(F)F)ccc1Cl. The Labute approximate surface area is 89.6 Å². The summed E-state index contributed by atoms with van der Waals surface area (Å²) in [5, 5.41) is -0.217. The van der Waals surface area contributed by atoms with Crippen molar-refractivity contribution in [1.82, 2.24) is 0 Å². The lowest BCUT2D eigenvalue weighted by Crippen LogP contribution is -2.07. The van der Waals surface area contributed by atoms with Gasteiger partial charge in [-0.2, -0.15) is 13.2 Å². The van der Waals surface area contributed by atoms with E-state index in [2.05, 4.69) is 0 Å². The fourth-order valence-corrected chi connectivity index (χ4v) is 2.27. The van der Waals surface area contributed by atoms with Gasteiger partial charge in [0.05, 0.1) is 15.5 Å². The van der Waals surface area contributed by atoms with Crippen LogP contribution in [0.25, 0.3) is 0 Å². The number of halogens is 4. The van der Waals surface area contributed by atoms with Crippen molar-refractivity contribution in [1.29, 1.82) is 0 Å². The van der Waals surface area contributed by atoms with Crippen LogP contribution in [0.15, 0.2) is 23.1 Å². The minimum atomic E-state index is -4.58. The Bertz CT molecular complexity index is 479. The molecule has 1 aromatic carbocycles. The number of hydrogen-bond acceptors (Lipinski definition) is 2. The van der Waals surface area contributed by atoms with Crippen LogP contribution in [-0.2, 0) is 16.0 Å². The summed E-state index contributed by atoms with van der Waals surface area (Å²) in [4.78, 5) is -0.515. The molecule has 0 aliphatic carbocycles. The van der Waals surface area contributed by atoms with Crippen LogP contribution in [-0.4, -0.2) is 14.7 Å². The van der Waals surface area contributed by atoms with E-state index >= 15 is 0 Å². The standard InChI is InChI=1S/C8H6ClF3O2S/c1-15(13,14)7-4-5(8(10,11)12)2-3-6(7)9/h2-4H,1H3.